The Hall–Kier alpha value is -1.59. The van der Waals surface area contributed by atoms with Crippen molar-refractivity contribution in [3.05, 3.63) is 34.9 Å². The highest BCUT2D eigenvalue weighted by Gasteiger charge is 2.44. The molecule has 0 radical (unpaired) electrons. The Kier molecular flexibility index (Phi) is 6.54. The van der Waals surface area contributed by atoms with Gasteiger partial charge < -0.3 is 15.1 Å². The summed E-state index contributed by atoms with van der Waals surface area (Å²) in [6.07, 6.45) is 3.76. The summed E-state index contributed by atoms with van der Waals surface area (Å²) >= 11 is 6.37. The minimum atomic E-state index is -0.380. The molecule has 2 amide bonds. The third-order valence-corrected chi connectivity index (χ3v) is 5.83. The summed E-state index contributed by atoms with van der Waals surface area (Å²) in [4.78, 5) is 29.4. The molecule has 0 saturated carbocycles. The average molecular weight is 378 g/mol. The van der Waals surface area contributed by atoms with E-state index in [9.17, 15) is 9.59 Å². The van der Waals surface area contributed by atoms with Crippen LogP contribution in [0.5, 0.6) is 0 Å². The Balaban J connectivity index is 1.63. The van der Waals surface area contributed by atoms with Crippen LogP contribution in [0.2, 0.25) is 5.02 Å². The highest BCUT2D eigenvalue weighted by molar-refractivity contribution is 6.31. The van der Waals surface area contributed by atoms with Crippen LogP contribution in [0.25, 0.3) is 0 Å². The van der Waals surface area contributed by atoms with E-state index in [0.717, 1.165) is 18.5 Å². The predicted molar refractivity (Wildman–Crippen MR) is 103 cm³/mol. The molecule has 2 fully saturated rings. The van der Waals surface area contributed by atoms with E-state index in [-0.39, 0.29) is 30.2 Å². The Labute approximate surface area is 160 Å². The van der Waals surface area contributed by atoms with E-state index in [1.807, 2.05) is 31.2 Å². The molecule has 26 heavy (non-hydrogen) atoms. The first-order valence-corrected chi connectivity index (χ1v) is 10.0. The molecule has 0 spiro atoms. The fourth-order valence-electron chi connectivity index (χ4n) is 4.15. The third kappa shape index (κ3) is 4.21. The van der Waals surface area contributed by atoms with Crippen LogP contribution in [-0.2, 0) is 9.59 Å². The number of rotatable bonds is 7. The SMILES string of the molecule is CCN1C(=O)C[C@@H](C(=O)NCCCN2CCCC2)[C@@H]1c1ccccc1Cl. The van der Waals surface area contributed by atoms with Crippen molar-refractivity contribution in [3.63, 3.8) is 0 Å². The number of nitrogens with one attached hydrogen (secondary N) is 1. The third-order valence-electron chi connectivity index (χ3n) is 5.48. The molecule has 2 aliphatic heterocycles. The maximum Gasteiger partial charge on any atom is 0.226 e. The number of amides is 2. The van der Waals surface area contributed by atoms with Crippen LogP contribution in [-0.4, -0.2) is 54.3 Å². The first-order valence-electron chi connectivity index (χ1n) is 9.65. The van der Waals surface area contributed by atoms with Crippen LogP contribution in [0.15, 0.2) is 24.3 Å². The molecule has 0 unspecified atom stereocenters. The topological polar surface area (TPSA) is 52.7 Å². The number of likely N-dealkylation sites (tertiary alicyclic amines) is 2. The van der Waals surface area contributed by atoms with Gasteiger partial charge in [0.1, 0.15) is 0 Å². The molecule has 2 aliphatic rings. The average Bonchev–Trinajstić information content (AvgIpc) is 3.26. The number of nitrogens with zero attached hydrogens (tertiary/aromatic N) is 2. The number of carbonyl (C=O) groups excluding carboxylic acids is 2. The molecule has 142 valence electrons. The maximum absolute atomic E-state index is 12.8. The van der Waals surface area contributed by atoms with Crippen molar-refractivity contribution in [1.29, 1.82) is 0 Å². The Morgan fingerprint density at radius 3 is 2.69 bits per heavy atom. The van der Waals surface area contributed by atoms with Crippen molar-refractivity contribution in [1.82, 2.24) is 15.1 Å². The molecule has 3 rings (SSSR count). The lowest BCUT2D eigenvalue weighted by Gasteiger charge is -2.28. The molecule has 1 aromatic carbocycles. The van der Waals surface area contributed by atoms with E-state index < -0.39 is 0 Å². The number of carbonyl (C=O) groups is 2. The summed E-state index contributed by atoms with van der Waals surface area (Å²) in [5.74, 6) is -0.399. The van der Waals surface area contributed by atoms with Gasteiger partial charge in [0.2, 0.25) is 11.8 Å². The van der Waals surface area contributed by atoms with Gasteiger partial charge in [0.05, 0.1) is 12.0 Å². The zero-order valence-corrected chi connectivity index (χ0v) is 16.2. The van der Waals surface area contributed by atoms with Crippen molar-refractivity contribution < 1.29 is 9.59 Å². The lowest BCUT2D eigenvalue weighted by molar-refractivity contribution is -0.129. The summed E-state index contributed by atoms with van der Waals surface area (Å²) in [7, 11) is 0. The molecule has 2 atom stereocenters. The van der Waals surface area contributed by atoms with Crippen LogP contribution in [0.4, 0.5) is 0 Å². The lowest BCUT2D eigenvalue weighted by atomic mass is 9.92. The van der Waals surface area contributed by atoms with Crippen molar-refractivity contribution in [2.24, 2.45) is 5.92 Å². The second-order valence-corrected chi connectivity index (χ2v) is 7.56. The van der Waals surface area contributed by atoms with Gasteiger partial charge in [0, 0.05) is 24.5 Å². The Morgan fingerprint density at radius 1 is 1.27 bits per heavy atom. The van der Waals surface area contributed by atoms with Crippen molar-refractivity contribution >= 4 is 23.4 Å². The number of benzene rings is 1. The lowest BCUT2D eigenvalue weighted by Crippen LogP contribution is -2.37. The molecular weight excluding hydrogens is 350 g/mol. The first-order chi connectivity index (χ1) is 12.6. The van der Waals surface area contributed by atoms with Crippen LogP contribution in [0.3, 0.4) is 0 Å². The smallest absolute Gasteiger partial charge is 0.226 e. The Bertz CT molecular complexity index is 646. The normalized spacial score (nSPS) is 23.6. The highest BCUT2D eigenvalue weighted by atomic mass is 35.5. The van der Waals surface area contributed by atoms with Gasteiger partial charge in [-0.25, -0.2) is 0 Å². The van der Waals surface area contributed by atoms with E-state index in [4.69, 9.17) is 11.6 Å². The van der Waals surface area contributed by atoms with Crippen LogP contribution in [0.1, 0.15) is 44.2 Å². The first kappa shape index (κ1) is 19.2. The van der Waals surface area contributed by atoms with Gasteiger partial charge in [-0.1, -0.05) is 29.8 Å². The molecule has 0 aliphatic carbocycles. The van der Waals surface area contributed by atoms with Gasteiger partial charge in [-0.15, -0.1) is 0 Å². The number of hydrogen-bond donors (Lipinski definition) is 1. The summed E-state index contributed by atoms with van der Waals surface area (Å²) < 4.78 is 0. The number of halogens is 1. The number of hydrogen-bond acceptors (Lipinski definition) is 3. The fourth-order valence-corrected chi connectivity index (χ4v) is 4.40. The molecule has 0 aromatic heterocycles. The van der Waals surface area contributed by atoms with Gasteiger partial charge in [-0.05, 0) is 57.5 Å². The largest absolute Gasteiger partial charge is 0.356 e. The molecule has 2 heterocycles. The van der Waals surface area contributed by atoms with Gasteiger partial charge >= 0.3 is 0 Å². The van der Waals surface area contributed by atoms with E-state index in [0.29, 0.717) is 18.1 Å². The second-order valence-electron chi connectivity index (χ2n) is 7.15. The predicted octanol–water partition coefficient (Wildman–Crippen LogP) is 2.85. The standard InChI is InChI=1S/C20H28ClN3O2/c1-2-24-18(25)14-16(19(24)15-8-3-4-9-17(15)21)20(26)22-10-7-13-23-11-5-6-12-23/h3-4,8-9,16,19H,2,5-7,10-14H2,1H3,(H,22,26)/t16-,19+/m1/s1. The minimum Gasteiger partial charge on any atom is -0.356 e. The molecule has 1 aromatic rings. The Morgan fingerprint density at radius 2 is 2.00 bits per heavy atom. The van der Waals surface area contributed by atoms with E-state index >= 15 is 0 Å². The molecular formula is C20H28ClN3O2. The van der Waals surface area contributed by atoms with E-state index in [1.165, 1.54) is 25.9 Å². The van der Waals surface area contributed by atoms with Crippen molar-refractivity contribution in [2.75, 3.05) is 32.7 Å². The summed E-state index contributed by atoms with van der Waals surface area (Å²) in [5, 5.41) is 3.65. The second kappa shape index (κ2) is 8.87. The minimum absolute atomic E-state index is 0.0228. The zero-order chi connectivity index (χ0) is 18.5. The van der Waals surface area contributed by atoms with Crippen LogP contribution >= 0.6 is 11.6 Å². The summed E-state index contributed by atoms with van der Waals surface area (Å²) in [6, 6.07) is 7.23. The van der Waals surface area contributed by atoms with Crippen molar-refractivity contribution in [2.45, 2.75) is 38.6 Å². The monoisotopic (exact) mass is 377 g/mol. The van der Waals surface area contributed by atoms with E-state index in [2.05, 4.69) is 10.2 Å². The summed E-state index contributed by atoms with van der Waals surface area (Å²) in [5.41, 5.74) is 0.860. The quantitative estimate of drug-likeness (QED) is 0.743. The summed E-state index contributed by atoms with van der Waals surface area (Å²) in [6.45, 7) is 6.54. The molecule has 1 N–H and O–H groups in total. The maximum atomic E-state index is 12.8. The molecule has 2 saturated heterocycles. The van der Waals surface area contributed by atoms with Gasteiger partial charge in [-0.2, -0.15) is 0 Å². The van der Waals surface area contributed by atoms with Crippen molar-refractivity contribution in [3.8, 4) is 0 Å². The van der Waals surface area contributed by atoms with Crippen LogP contribution < -0.4 is 5.32 Å². The molecule has 5 nitrogen and oxygen atoms in total. The highest BCUT2D eigenvalue weighted by Crippen LogP contribution is 2.40. The van der Waals surface area contributed by atoms with Gasteiger partial charge in [0.25, 0.3) is 0 Å². The van der Waals surface area contributed by atoms with Gasteiger partial charge in [0.15, 0.2) is 0 Å². The van der Waals surface area contributed by atoms with Gasteiger partial charge in [-0.3, -0.25) is 9.59 Å². The van der Waals surface area contributed by atoms with Crippen LogP contribution in [0, 0.1) is 5.92 Å². The van der Waals surface area contributed by atoms with E-state index in [1.54, 1.807) is 4.90 Å². The molecule has 0 bridgehead atoms. The zero-order valence-electron chi connectivity index (χ0n) is 15.4. The molecule has 6 heteroatoms. The fraction of sp³-hybridized carbons (Fsp3) is 0.600.